The average Bonchev–Trinajstić information content (AvgIpc) is 3.18. The number of aromatic nitrogens is 3. The first-order valence-corrected chi connectivity index (χ1v) is 12.7. The first-order chi connectivity index (χ1) is 18.1. The zero-order valence-electron chi connectivity index (χ0n) is 22.0. The monoisotopic (exact) mass is 552 g/mol. The second-order valence-corrected chi connectivity index (χ2v) is 11.5. The van der Waals surface area contributed by atoms with Gasteiger partial charge in [0.05, 0.1) is 11.8 Å². The molecule has 212 valence electrons. The van der Waals surface area contributed by atoms with E-state index >= 15 is 0 Å². The molecule has 7 atom stereocenters. The molecule has 4 rings (SSSR count). The van der Waals surface area contributed by atoms with Gasteiger partial charge in [0.15, 0.2) is 0 Å². The number of piperidine rings is 1. The Kier molecular flexibility index (Phi) is 7.35. The molecule has 4 amide bonds. The Balaban J connectivity index is 1.58. The molecule has 39 heavy (non-hydrogen) atoms. The van der Waals surface area contributed by atoms with Crippen molar-refractivity contribution >= 4 is 23.6 Å². The number of hydrogen-bond acceptors (Lipinski definition) is 7. The Hall–Kier alpha value is -3.70. The third-order valence-corrected chi connectivity index (χ3v) is 7.65. The maximum absolute atomic E-state index is 13.7. The maximum Gasteiger partial charge on any atom is 0.471 e. The minimum absolute atomic E-state index is 0.0551. The molecule has 1 unspecified atom stereocenters. The van der Waals surface area contributed by atoms with E-state index in [0.29, 0.717) is 18.7 Å². The van der Waals surface area contributed by atoms with Crippen LogP contribution < -0.4 is 16.0 Å². The fraction of sp³-hybridized carbons (Fsp3) is 0.708. The molecule has 3 aliphatic rings. The molecule has 1 aromatic heterocycles. The van der Waals surface area contributed by atoms with Gasteiger partial charge in [0, 0.05) is 44.1 Å². The van der Waals surface area contributed by atoms with Crippen LogP contribution in [0.1, 0.15) is 45.2 Å². The number of halogens is 3. The van der Waals surface area contributed by atoms with E-state index in [0.717, 1.165) is 0 Å². The van der Waals surface area contributed by atoms with Crippen LogP contribution in [0.25, 0.3) is 0 Å². The quantitative estimate of drug-likeness (QED) is 0.428. The Morgan fingerprint density at radius 3 is 2.46 bits per heavy atom. The highest BCUT2D eigenvalue weighted by molar-refractivity contribution is 5.95. The number of amides is 4. The summed E-state index contributed by atoms with van der Waals surface area (Å²) in [5.41, 5.74) is -0.490. The third kappa shape index (κ3) is 5.69. The number of fused-ring (bicyclic) bond motifs is 1. The zero-order chi connectivity index (χ0) is 28.9. The highest BCUT2D eigenvalue weighted by Gasteiger charge is 2.66. The fourth-order valence-electron chi connectivity index (χ4n) is 5.68. The summed E-state index contributed by atoms with van der Waals surface area (Å²) in [6.45, 7) is 5.07. The Bertz CT molecular complexity index is 1200. The molecule has 0 spiro atoms. The third-order valence-electron chi connectivity index (χ3n) is 7.65. The lowest BCUT2D eigenvalue weighted by Gasteiger charge is -2.37. The molecule has 15 heteroatoms. The lowest BCUT2D eigenvalue weighted by Crippen LogP contribution is -2.60. The molecule has 0 bridgehead atoms. The predicted octanol–water partition coefficient (Wildman–Crippen LogP) is -0.0167. The van der Waals surface area contributed by atoms with Crippen LogP contribution in [0.3, 0.4) is 0 Å². The van der Waals surface area contributed by atoms with Crippen LogP contribution in [0.4, 0.5) is 13.2 Å². The highest BCUT2D eigenvalue weighted by Crippen LogP contribution is 2.61. The van der Waals surface area contributed by atoms with E-state index in [1.807, 2.05) is 6.07 Å². The molecule has 1 saturated carbocycles. The van der Waals surface area contributed by atoms with E-state index in [2.05, 4.69) is 20.9 Å². The van der Waals surface area contributed by atoms with E-state index in [1.165, 1.54) is 30.4 Å². The Morgan fingerprint density at radius 1 is 1.26 bits per heavy atom. The van der Waals surface area contributed by atoms with Gasteiger partial charge in [0.2, 0.25) is 17.7 Å². The number of alkyl halides is 3. The Labute approximate surface area is 222 Å². The molecule has 0 aromatic carbocycles. The first kappa shape index (κ1) is 28.3. The number of nitrogens with zero attached hydrogens (tertiary/aromatic N) is 5. The summed E-state index contributed by atoms with van der Waals surface area (Å²) in [7, 11) is 1.68. The fourth-order valence-corrected chi connectivity index (χ4v) is 5.68. The van der Waals surface area contributed by atoms with Crippen LogP contribution in [0.5, 0.6) is 0 Å². The van der Waals surface area contributed by atoms with Crippen molar-refractivity contribution in [3.05, 3.63) is 11.9 Å². The molecular formula is C24H31F3N8O4. The van der Waals surface area contributed by atoms with Crippen molar-refractivity contribution in [2.45, 2.75) is 63.8 Å². The summed E-state index contributed by atoms with van der Waals surface area (Å²) in [5.74, 6) is -5.20. The van der Waals surface area contributed by atoms with E-state index in [1.54, 1.807) is 18.6 Å². The average molecular weight is 553 g/mol. The van der Waals surface area contributed by atoms with Gasteiger partial charge in [0.25, 0.3) is 0 Å². The van der Waals surface area contributed by atoms with Crippen LogP contribution in [-0.2, 0) is 26.2 Å². The van der Waals surface area contributed by atoms with E-state index in [-0.39, 0.29) is 30.7 Å². The van der Waals surface area contributed by atoms with Gasteiger partial charge in [-0.2, -0.15) is 18.4 Å². The van der Waals surface area contributed by atoms with E-state index in [9.17, 15) is 37.6 Å². The maximum atomic E-state index is 13.7. The van der Waals surface area contributed by atoms with Gasteiger partial charge in [-0.3, -0.25) is 23.9 Å². The first-order valence-electron chi connectivity index (χ1n) is 12.7. The molecule has 3 heterocycles. The summed E-state index contributed by atoms with van der Waals surface area (Å²) >= 11 is 0. The van der Waals surface area contributed by atoms with Crippen LogP contribution >= 0.6 is 0 Å². The number of nitrogens with one attached hydrogen (secondary N) is 3. The number of nitriles is 1. The molecule has 0 radical (unpaired) electrons. The summed E-state index contributed by atoms with van der Waals surface area (Å²) in [6.07, 6.45) is -2.89. The molecule has 1 aliphatic carbocycles. The van der Waals surface area contributed by atoms with Gasteiger partial charge < -0.3 is 20.9 Å². The van der Waals surface area contributed by atoms with E-state index in [4.69, 9.17) is 0 Å². The number of hydrogen-bond donors (Lipinski definition) is 3. The van der Waals surface area contributed by atoms with E-state index < -0.39 is 59.3 Å². The molecule has 3 N–H and O–H groups in total. The smallest absolute Gasteiger partial charge is 0.356 e. The van der Waals surface area contributed by atoms with Crippen molar-refractivity contribution in [3.63, 3.8) is 0 Å². The largest absolute Gasteiger partial charge is 0.471 e. The molecule has 2 saturated heterocycles. The van der Waals surface area contributed by atoms with Crippen LogP contribution in [0.15, 0.2) is 6.20 Å². The minimum atomic E-state index is -5.20. The van der Waals surface area contributed by atoms with Crippen LogP contribution in [0, 0.1) is 34.5 Å². The summed E-state index contributed by atoms with van der Waals surface area (Å²) in [4.78, 5) is 52.2. The number of likely N-dealkylation sites (tertiary alicyclic amines) is 1. The van der Waals surface area contributed by atoms with Gasteiger partial charge in [-0.25, -0.2) is 0 Å². The highest BCUT2D eigenvalue weighted by atomic mass is 19.4. The van der Waals surface area contributed by atoms with Gasteiger partial charge in [-0.1, -0.05) is 26.0 Å². The zero-order valence-corrected chi connectivity index (χ0v) is 22.0. The lowest BCUT2D eigenvalue weighted by molar-refractivity contribution is -0.176. The molecular weight excluding hydrogens is 521 g/mol. The second kappa shape index (κ2) is 10.1. The SMILES string of the molecule is Cn1cc(C2[C@H]3[C@@H]2CN(C(=O)[C@@H](NC(=O)C(F)(F)F)C(C)(C)C)[C@@H]3C(=O)N[C@H](C#N)C[C@@H]2CCNC2=O)nn1. The minimum Gasteiger partial charge on any atom is -0.356 e. The van der Waals surface area contributed by atoms with Crippen LogP contribution in [-0.4, -0.2) is 80.9 Å². The summed E-state index contributed by atoms with van der Waals surface area (Å²) in [6, 6.07) is -1.71. The normalized spacial score (nSPS) is 27.7. The lowest BCUT2D eigenvalue weighted by atomic mass is 9.85. The Morgan fingerprint density at radius 2 is 1.95 bits per heavy atom. The topological polar surface area (TPSA) is 162 Å². The van der Waals surface area contributed by atoms with Crippen molar-refractivity contribution in [2.24, 2.45) is 30.2 Å². The van der Waals surface area contributed by atoms with Crippen molar-refractivity contribution in [1.82, 2.24) is 35.8 Å². The molecule has 1 aromatic rings. The van der Waals surface area contributed by atoms with Crippen LogP contribution in [0.2, 0.25) is 0 Å². The van der Waals surface area contributed by atoms with Crippen molar-refractivity contribution in [1.29, 1.82) is 5.26 Å². The van der Waals surface area contributed by atoms with Gasteiger partial charge >= 0.3 is 12.1 Å². The van der Waals surface area contributed by atoms with Gasteiger partial charge in [-0.05, 0) is 24.2 Å². The van der Waals surface area contributed by atoms with Crippen molar-refractivity contribution in [3.8, 4) is 6.07 Å². The molecule has 12 nitrogen and oxygen atoms in total. The predicted molar refractivity (Wildman–Crippen MR) is 127 cm³/mol. The number of rotatable bonds is 7. The summed E-state index contributed by atoms with van der Waals surface area (Å²) < 4.78 is 40.7. The van der Waals surface area contributed by atoms with Crippen molar-refractivity contribution in [2.75, 3.05) is 13.1 Å². The number of carbonyl (C=O) groups excluding carboxylic acids is 4. The summed E-state index contributed by atoms with van der Waals surface area (Å²) in [5, 5.41) is 24.8. The number of carbonyl (C=O) groups is 4. The standard InChI is InChI=1S/C24H31F3N8O4/c1-23(2,3)18(31-22(39)24(25,26)27)21(38)35-9-13-15(14-10-34(4)33-32-14)16(13)17(35)20(37)30-12(8-28)7-11-5-6-29-19(11)36/h10-13,15-18H,5-7,9H2,1-4H3,(H,29,36)(H,30,37)(H,31,39)/t11-,12-,13+,15?,16+,17-,18+/m0/s1. The van der Waals surface area contributed by atoms with Gasteiger partial charge in [-0.15, -0.1) is 5.10 Å². The number of aryl methyl sites for hydroxylation is 1. The van der Waals surface area contributed by atoms with Crippen molar-refractivity contribution < 1.29 is 32.3 Å². The second-order valence-electron chi connectivity index (χ2n) is 11.5. The molecule has 3 fully saturated rings. The molecule has 2 aliphatic heterocycles. The van der Waals surface area contributed by atoms with Gasteiger partial charge in [0.1, 0.15) is 18.1 Å².